The van der Waals surface area contributed by atoms with Crippen LogP contribution in [0.1, 0.15) is 72.6 Å². The second kappa shape index (κ2) is 10.7. The van der Waals surface area contributed by atoms with Gasteiger partial charge in [0.25, 0.3) is 0 Å². The number of rotatable bonds is 9. The fraction of sp³-hybridized carbons (Fsp3) is 0.810. The van der Waals surface area contributed by atoms with Crippen molar-refractivity contribution in [2.45, 2.75) is 78.7 Å². The number of ketones is 1. The molecule has 144 valence electrons. The van der Waals surface area contributed by atoms with Crippen LogP contribution in [0, 0.1) is 23.7 Å². The standard InChI is InChI=1S/C21H36O4/c1-6-15(3)19(22)13-20(23)16(4)10-14(2)11-17-8-7-9-18(12-17)21(24)25-5/h11,15-18,20,23H,6-10,12-13H2,1-5H3/b14-11+/t15-,16-,17-,18?,20-/m0/s1. The van der Waals surface area contributed by atoms with Crippen LogP contribution in [-0.4, -0.2) is 30.1 Å². The Morgan fingerprint density at radius 3 is 2.52 bits per heavy atom. The Kier molecular flexibility index (Phi) is 9.41. The van der Waals surface area contributed by atoms with Crippen molar-refractivity contribution in [2.24, 2.45) is 23.7 Å². The first kappa shape index (κ1) is 21.9. The van der Waals surface area contributed by atoms with Crippen molar-refractivity contribution < 1.29 is 19.4 Å². The van der Waals surface area contributed by atoms with E-state index in [9.17, 15) is 14.7 Å². The molecule has 0 amide bonds. The molecule has 1 saturated carbocycles. The second-order valence-electron chi connectivity index (χ2n) is 7.89. The van der Waals surface area contributed by atoms with Crippen LogP contribution in [-0.2, 0) is 14.3 Å². The summed E-state index contributed by atoms with van der Waals surface area (Å²) in [6.45, 7) is 8.01. The Hall–Kier alpha value is -1.16. The molecule has 0 aliphatic heterocycles. The van der Waals surface area contributed by atoms with Gasteiger partial charge in [-0.3, -0.25) is 9.59 Å². The van der Waals surface area contributed by atoms with E-state index in [0.29, 0.717) is 5.92 Å². The number of carbonyl (C=O) groups is 2. The lowest BCUT2D eigenvalue weighted by Gasteiger charge is -2.26. The van der Waals surface area contributed by atoms with Crippen LogP contribution in [0.5, 0.6) is 0 Å². The number of aliphatic hydroxyl groups is 1. The van der Waals surface area contributed by atoms with Gasteiger partial charge in [0, 0.05) is 12.3 Å². The average molecular weight is 353 g/mol. The monoisotopic (exact) mass is 352 g/mol. The van der Waals surface area contributed by atoms with E-state index in [2.05, 4.69) is 13.0 Å². The van der Waals surface area contributed by atoms with Gasteiger partial charge in [0.15, 0.2) is 0 Å². The molecule has 4 heteroatoms. The highest BCUT2D eigenvalue weighted by Crippen LogP contribution is 2.32. The Morgan fingerprint density at radius 2 is 1.92 bits per heavy atom. The highest BCUT2D eigenvalue weighted by atomic mass is 16.5. The summed E-state index contributed by atoms with van der Waals surface area (Å²) in [4.78, 5) is 23.7. The molecule has 0 spiro atoms. The average Bonchev–Trinajstić information content (AvgIpc) is 2.59. The van der Waals surface area contributed by atoms with Crippen molar-refractivity contribution in [1.29, 1.82) is 0 Å². The summed E-state index contributed by atoms with van der Waals surface area (Å²) < 4.78 is 4.88. The molecule has 0 radical (unpaired) electrons. The zero-order valence-electron chi connectivity index (χ0n) is 16.6. The smallest absolute Gasteiger partial charge is 0.308 e. The number of hydrogen-bond donors (Lipinski definition) is 1. The molecule has 0 saturated heterocycles. The molecule has 1 N–H and O–H groups in total. The SMILES string of the molecule is CC[C@H](C)C(=O)C[C@H](O)[C@@H](C)C/C(C)=C/[C@@H]1CCCC(C(=O)OC)C1. The summed E-state index contributed by atoms with van der Waals surface area (Å²) >= 11 is 0. The molecule has 0 bridgehead atoms. The van der Waals surface area contributed by atoms with Gasteiger partial charge >= 0.3 is 5.97 Å². The first-order chi connectivity index (χ1) is 11.8. The first-order valence-electron chi connectivity index (χ1n) is 9.74. The molecule has 1 rings (SSSR count). The molecule has 4 nitrogen and oxygen atoms in total. The second-order valence-corrected chi connectivity index (χ2v) is 7.89. The largest absolute Gasteiger partial charge is 0.469 e. The molecule has 1 unspecified atom stereocenters. The number of methoxy groups -OCH3 is 1. The minimum absolute atomic E-state index is 0.0176. The predicted molar refractivity (Wildman–Crippen MR) is 100 cm³/mol. The number of allylic oxidation sites excluding steroid dienone is 2. The lowest BCUT2D eigenvalue weighted by Crippen LogP contribution is -2.25. The Labute approximate surface area is 153 Å². The van der Waals surface area contributed by atoms with Gasteiger partial charge in [-0.05, 0) is 50.9 Å². The van der Waals surface area contributed by atoms with E-state index in [4.69, 9.17) is 4.74 Å². The van der Waals surface area contributed by atoms with E-state index in [1.165, 1.54) is 12.7 Å². The minimum atomic E-state index is -0.584. The molecule has 1 aliphatic carbocycles. The van der Waals surface area contributed by atoms with E-state index < -0.39 is 6.10 Å². The van der Waals surface area contributed by atoms with Gasteiger partial charge in [-0.1, -0.05) is 38.8 Å². The summed E-state index contributed by atoms with van der Waals surface area (Å²) in [5.74, 6) is 0.563. The van der Waals surface area contributed by atoms with Crippen LogP contribution >= 0.6 is 0 Å². The number of Topliss-reactive ketones (excluding diaryl/α,β-unsaturated/α-hetero) is 1. The summed E-state index contributed by atoms with van der Waals surface area (Å²) in [5, 5.41) is 10.3. The predicted octanol–water partition coefficient (Wildman–Crippen LogP) is 4.30. The van der Waals surface area contributed by atoms with E-state index >= 15 is 0 Å². The maximum Gasteiger partial charge on any atom is 0.308 e. The van der Waals surface area contributed by atoms with Crippen molar-refractivity contribution in [3.63, 3.8) is 0 Å². The first-order valence-corrected chi connectivity index (χ1v) is 9.74. The number of hydrogen-bond acceptors (Lipinski definition) is 4. The third kappa shape index (κ3) is 7.31. The van der Waals surface area contributed by atoms with Crippen LogP contribution in [0.15, 0.2) is 11.6 Å². The van der Waals surface area contributed by atoms with Crippen molar-refractivity contribution in [3.8, 4) is 0 Å². The molecule has 1 fully saturated rings. The molecular formula is C21H36O4. The highest BCUT2D eigenvalue weighted by molar-refractivity contribution is 5.81. The Morgan fingerprint density at radius 1 is 1.24 bits per heavy atom. The molecule has 0 aromatic heterocycles. The summed E-state index contributed by atoms with van der Waals surface area (Å²) in [5.41, 5.74) is 1.23. The number of esters is 1. The fourth-order valence-electron chi connectivity index (χ4n) is 3.71. The van der Waals surface area contributed by atoms with Crippen LogP contribution < -0.4 is 0 Å². The van der Waals surface area contributed by atoms with Gasteiger partial charge in [-0.25, -0.2) is 0 Å². The lowest BCUT2D eigenvalue weighted by molar-refractivity contribution is -0.146. The normalized spacial score (nSPS) is 25.1. The van der Waals surface area contributed by atoms with E-state index in [0.717, 1.165) is 38.5 Å². The van der Waals surface area contributed by atoms with E-state index in [1.54, 1.807) is 0 Å². The number of aliphatic hydroxyl groups excluding tert-OH is 1. The third-order valence-corrected chi connectivity index (χ3v) is 5.64. The van der Waals surface area contributed by atoms with Gasteiger partial charge in [-0.2, -0.15) is 0 Å². The lowest BCUT2D eigenvalue weighted by atomic mass is 9.80. The summed E-state index contributed by atoms with van der Waals surface area (Å²) in [6, 6.07) is 0. The van der Waals surface area contributed by atoms with Gasteiger partial charge in [0.1, 0.15) is 5.78 Å². The summed E-state index contributed by atoms with van der Waals surface area (Å²) in [6.07, 6.45) is 7.46. The van der Waals surface area contributed by atoms with Crippen LogP contribution in [0.3, 0.4) is 0 Å². The third-order valence-electron chi connectivity index (χ3n) is 5.64. The van der Waals surface area contributed by atoms with Gasteiger partial charge in [0.2, 0.25) is 0 Å². The number of carbonyl (C=O) groups excluding carboxylic acids is 2. The number of ether oxygens (including phenoxy) is 1. The Bertz CT molecular complexity index is 469. The van der Waals surface area contributed by atoms with Crippen molar-refractivity contribution in [1.82, 2.24) is 0 Å². The fourth-order valence-corrected chi connectivity index (χ4v) is 3.71. The zero-order valence-corrected chi connectivity index (χ0v) is 16.6. The molecule has 25 heavy (non-hydrogen) atoms. The quantitative estimate of drug-likeness (QED) is 0.496. The van der Waals surface area contributed by atoms with Crippen LogP contribution in [0.25, 0.3) is 0 Å². The van der Waals surface area contributed by atoms with Crippen molar-refractivity contribution >= 4 is 11.8 Å². The topological polar surface area (TPSA) is 63.6 Å². The minimum Gasteiger partial charge on any atom is -0.469 e. The van der Waals surface area contributed by atoms with E-state index in [1.807, 2.05) is 20.8 Å². The van der Waals surface area contributed by atoms with E-state index in [-0.39, 0.29) is 35.9 Å². The van der Waals surface area contributed by atoms with Crippen LogP contribution in [0.2, 0.25) is 0 Å². The molecule has 0 aromatic carbocycles. The molecule has 5 atom stereocenters. The zero-order chi connectivity index (χ0) is 19.0. The maximum atomic E-state index is 12.0. The highest BCUT2D eigenvalue weighted by Gasteiger charge is 2.27. The molecular weight excluding hydrogens is 316 g/mol. The van der Waals surface area contributed by atoms with Gasteiger partial charge in [0.05, 0.1) is 19.1 Å². The van der Waals surface area contributed by atoms with Crippen LogP contribution in [0.4, 0.5) is 0 Å². The van der Waals surface area contributed by atoms with Gasteiger partial charge in [-0.15, -0.1) is 0 Å². The van der Waals surface area contributed by atoms with Crippen molar-refractivity contribution in [3.05, 3.63) is 11.6 Å². The Balaban J connectivity index is 2.53. The molecule has 0 aromatic rings. The van der Waals surface area contributed by atoms with Crippen molar-refractivity contribution in [2.75, 3.05) is 7.11 Å². The summed E-state index contributed by atoms with van der Waals surface area (Å²) in [7, 11) is 1.46. The van der Waals surface area contributed by atoms with Gasteiger partial charge < -0.3 is 9.84 Å². The molecule has 1 aliphatic rings. The maximum absolute atomic E-state index is 12.0. The molecule has 0 heterocycles.